The van der Waals surface area contributed by atoms with Crippen LogP contribution in [0.2, 0.25) is 5.02 Å². The van der Waals surface area contributed by atoms with E-state index in [9.17, 15) is 4.79 Å². The Balaban J connectivity index is 1.53. The number of halogens is 1. The SMILES string of the molecule is N#Cc1cccc(CN2CCCC(C(=O)NCc3ccc(Cl)cc3)C2)c1. The molecule has 1 aliphatic rings. The number of hydrogen-bond acceptors (Lipinski definition) is 3. The molecule has 1 amide bonds. The van der Waals surface area contributed by atoms with E-state index < -0.39 is 0 Å². The molecule has 3 rings (SSSR count). The number of nitrogens with one attached hydrogen (secondary N) is 1. The number of likely N-dealkylation sites (tertiary alicyclic amines) is 1. The van der Waals surface area contributed by atoms with Gasteiger partial charge in [0.1, 0.15) is 0 Å². The van der Waals surface area contributed by atoms with Gasteiger partial charge in [0.05, 0.1) is 17.6 Å². The lowest BCUT2D eigenvalue weighted by Crippen LogP contribution is -2.42. The maximum absolute atomic E-state index is 12.5. The van der Waals surface area contributed by atoms with E-state index in [1.165, 1.54) is 0 Å². The Morgan fingerprint density at radius 2 is 2.04 bits per heavy atom. The third-order valence-electron chi connectivity index (χ3n) is 4.72. The molecule has 26 heavy (non-hydrogen) atoms. The van der Waals surface area contributed by atoms with E-state index in [2.05, 4.69) is 16.3 Å². The number of nitriles is 1. The monoisotopic (exact) mass is 367 g/mol. The molecule has 0 aromatic heterocycles. The van der Waals surface area contributed by atoms with E-state index in [0.29, 0.717) is 17.1 Å². The minimum Gasteiger partial charge on any atom is -0.352 e. The molecule has 1 aliphatic heterocycles. The summed E-state index contributed by atoms with van der Waals surface area (Å²) >= 11 is 5.89. The first-order chi connectivity index (χ1) is 12.6. The van der Waals surface area contributed by atoms with Crippen molar-refractivity contribution in [1.29, 1.82) is 5.26 Å². The fraction of sp³-hybridized carbons (Fsp3) is 0.333. The summed E-state index contributed by atoms with van der Waals surface area (Å²) in [5.41, 5.74) is 2.84. The van der Waals surface area contributed by atoms with Gasteiger partial charge in [0, 0.05) is 24.7 Å². The Bertz CT molecular complexity index is 798. The van der Waals surface area contributed by atoms with Gasteiger partial charge in [-0.05, 0) is 54.8 Å². The second-order valence-corrected chi connectivity index (χ2v) is 7.17. The van der Waals surface area contributed by atoms with Crippen molar-refractivity contribution in [3.63, 3.8) is 0 Å². The van der Waals surface area contributed by atoms with Gasteiger partial charge < -0.3 is 5.32 Å². The average Bonchev–Trinajstić information content (AvgIpc) is 2.67. The van der Waals surface area contributed by atoms with Crippen molar-refractivity contribution in [2.45, 2.75) is 25.9 Å². The highest BCUT2D eigenvalue weighted by Gasteiger charge is 2.25. The average molecular weight is 368 g/mol. The van der Waals surface area contributed by atoms with Gasteiger partial charge in [0.25, 0.3) is 0 Å². The normalized spacial score (nSPS) is 17.5. The van der Waals surface area contributed by atoms with Gasteiger partial charge in [-0.25, -0.2) is 0 Å². The van der Waals surface area contributed by atoms with Crippen molar-refractivity contribution < 1.29 is 4.79 Å². The van der Waals surface area contributed by atoms with E-state index in [0.717, 1.165) is 43.6 Å². The minimum atomic E-state index is 0.00944. The van der Waals surface area contributed by atoms with E-state index >= 15 is 0 Å². The highest BCUT2D eigenvalue weighted by molar-refractivity contribution is 6.30. The lowest BCUT2D eigenvalue weighted by atomic mass is 9.96. The summed E-state index contributed by atoms with van der Waals surface area (Å²) in [5, 5.41) is 12.8. The number of rotatable bonds is 5. The first-order valence-corrected chi connectivity index (χ1v) is 9.25. The molecule has 2 aromatic rings. The van der Waals surface area contributed by atoms with Crippen molar-refractivity contribution in [3.8, 4) is 6.07 Å². The number of benzene rings is 2. The summed E-state index contributed by atoms with van der Waals surface area (Å²) in [4.78, 5) is 14.8. The minimum absolute atomic E-state index is 0.00944. The Hall–Kier alpha value is -2.35. The van der Waals surface area contributed by atoms with E-state index in [1.807, 2.05) is 48.5 Å². The van der Waals surface area contributed by atoms with Crippen molar-refractivity contribution in [3.05, 3.63) is 70.2 Å². The van der Waals surface area contributed by atoms with Gasteiger partial charge >= 0.3 is 0 Å². The number of carbonyl (C=O) groups excluding carboxylic acids is 1. The molecule has 0 spiro atoms. The van der Waals surface area contributed by atoms with Crippen LogP contribution in [0.4, 0.5) is 0 Å². The summed E-state index contributed by atoms with van der Waals surface area (Å²) < 4.78 is 0. The Morgan fingerprint density at radius 1 is 1.23 bits per heavy atom. The number of carbonyl (C=O) groups is 1. The molecule has 0 saturated carbocycles. The molecule has 1 unspecified atom stereocenters. The summed E-state index contributed by atoms with van der Waals surface area (Å²) in [7, 11) is 0. The smallest absolute Gasteiger partial charge is 0.224 e. The molecule has 1 atom stereocenters. The fourth-order valence-corrected chi connectivity index (χ4v) is 3.47. The predicted molar refractivity (Wildman–Crippen MR) is 102 cm³/mol. The van der Waals surface area contributed by atoms with Crippen molar-refractivity contribution >= 4 is 17.5 Å². The number of piperidine rings is 1. The van der Waals surface area contributed by atoms with Crippen LogP contribution in [0.15, 0.2) is 48.5 Å². The zero-order valence-corrected chi connectivity index (χ0v) is 15.4. The molecule has 0 bridgehead atoms. The number of nitrogens with zero attached hydrogens (tertiary/aromatic N) is 2. The lowest BCUT2D eigenvalue weighted by Gasteiger charge is -2.32. The molecule has 0 aliphatic carbocycles. The molecular weight excluding hydrogens is 346 g/mol. The van der Waals surface area contributed by atoms with E-state index in [-0.39, 0.29) is 11.8 Å². The summed E-state index contributed by atoms with van der Waals surface area (Å²) in [6.07, 6.45) is 1.93. The van der Waals surface area contributed by atoms with Crippen LogP contribution in [0.25, 0.3) is 0 Å². The quantitative estimate of drug-likeness (QED) is 0.875. The highest BCUT2D eigenvalue weighted by atomic mass is 35.5. The van der Waals surface area contributed by atoms with Gasteiger partial charge in [0.2, 0.25) is 5.91 Å². The third kappa shape index (κ3) is 5.08. The van der Waals surface area contributed by atoms with Crippen molar-refractivity contribution in [1.82, 2.24) is 10.2 Å². The van der Waals surface area contributed by atoms with Gasteiger partial charge in [0.15, 0.2) is 0 Å². The molecule has 0 radical (unpaired) electrons. The van der Waals surface area contributed by atoms with E-state index in [1.54, 1.807) is 0 Å². The van der Waals surface area contributed by atoms with Crippen LogP contribution >= 0.6 is 11.6 Å². The van der Waals surface area contributed by atoms with Crippen LogP contribution in [-0.2, 0) is 17.9 Å². The topological polar surface area (TPSA) is 56.1 Å². The van der Waals surface area contributed by atoms with Crippen LogP contribution in [0.3, 0.4) is 0 Å². The third-order valence-corrected chi connectivity index (χ3v) is 4.97. The number of hydrogen-bond donors (Lipinski definition) is 1. The molecule has 134 valence electrons. The zero-order chi connectivity index (χ0) is 18.4. The van der Waals surface area contributed by atoms with E-state index in [4.69, 9.17) is 16.9 Å². The molecule has 1 saturated heterocycles. The second-order valence-electron chi connectivity index (χ2n) is 6.73. The molecule has 2 aromatic carbocycles. The second kappa shape index (κ2) is 8.84. The van der Waals surface area contributed by atoms with Gasteiger partial charge in [-0.2, -0.15) is 5.26 Å². The van der Waals surface area contributed by atoms with Crippen LogP contribution in [0.5, 0.6) is 0 Å². The molecule has 4 nitrogen and oxygen atoms in total. The molecular formula is C21H22ClN3O. The summed E-state index contributed by atoms with van der Waals surface area (Å²) in [5.74, 6) is 0.116. The number of amides is 1. The molecule has 5 heteroatoms. The maximum Gasteiger partial charge on any atom is 0.224 e. The summed E-state index contributed by atoms with van der Waals surface area (Å²) in [6, 6.07) is 17.4. The predicted octanol–water partition coefficient (Wildman–Crippen LogP) is 3.74. The molecule has 1 fully saturated rings. The van der Waals surface area contributed by atoms with Crippen molar-refractivity contribution in [2.24, 2.45) is 5.92 Å². The Morgan fingerprint density at radius 3 is 2.81 bits per heavy atom. The standard InChI is InChI=1S/C21H22ClN3O/c22-20-8-6-16(7-9-20)13-24-21(26)19-5-2-10-25(15-19)14-18-4-1-3-17(11-18)12-23/h1,3-4,6-9,11,19H,2,5,10,13-15H2,(H,24,26). The van der Waals surface area contributed by atoms with Gasteiger partial charge in [-0.1, -0.05) is 35.9 Å². The first-order valence-electron chi connectivity index (χ1n) is 8.87. The highest BCUT2D eigenvalue weighted by Crippen LogP contribution is 2.19. The first kappa shape index (κ1) is 18.4. The van der Waals surface area contributed by atoms with Crippen LogP contribution in [-0.4, -0.2) is 23.9 Å². The Kier molecular flexibility index (Phi) is 6.27. The molecule has 1 N–H and O–H groups in total. The Labute approximate surface area is 159 Å². The lowest BCUT2D eigenvalue weighted by molar-refractivity contribution is -0.126. The maximum atomic E-state index is 12.5. The van der Waals surface area contributed by atoms with Gasteiger partial charge in [-0.3, -0.25) is 9.69 Å². The van der Waals surface area contributed by atoms with Crippen molar-refractivity contribution in [2.75, 3.05) is 13.1 Å². The molecule has 1 heterocycles. The zero-order valence-electron chi connectivity index (χ0n) is 14.6. The van der Waals surface area contributed by atoms with Gasteiger partial charge in [-0.15, -0.1) is 0 Å². The largest absolute Gasteiger partial charge is 0.352 e. The fourth-order valence-electron chi connectivity index (χ4n) is 3.35. The van der Waals surface area contributed by atoms with Crippen LogP contribution in [0.1, 0.15) is 29.5 Å². The van der Waals surface area contributed by atoms with Crippen LogP contribution < -0.4 is 5.32 Å². The summed E-state index contributed by atoms with van der Waals surface area (Å²) in [6.45, 7) is 3.04. The van der Waals surface area contributed by atoms with Crippen LogP contribution in [0, 0.1) is 17.2 Å².